The Morgan fingerprint density at radius 2 is 1.36 bits per heavy atom. The van der Waals surface area contributed by atoms with Gasteiger partial charge in [-0.3, -0.25) is 0 Å². The lowest BCUT2D eigenvalue weighted by molar-refractivity contribution is -0.103. The summed E-state index contributed by atoms with van der Waals surface area (Å²) < 4.78 is 0. The van der Waals surface area contributed by atoms with Gasteiger partial charge in [0.15, 0.2) is 0 Å². The van der Waals surface area contributed by atoms with Gasteiger partial charge in [-0.1, -0.05) is 32.6 Å². The fourth-order valence-corrected chi connectivity index (χ4v) is 9.26. The lowest BCUT2D eigenvalue weighted by Crippen LogP contribution is -2.50. The third kappa shape index (κ3) is 2.66. The van der Waals surface area contributed by atoms with Crippen molar-refractivity contribution in [3.63, 3.8) is 0 Å². The number of hydrogen-bond acceptors (Lipinski definition) is 1. The van der Waals surface area contributed by atoms with Crippen molar-refractivity contribution in [2.75, 3.05) is 0 Å². The maximum Gasteiger partial charge on any atom is 0.0622 e. The summed E-state index contributed by atoms with van der Waals surface area (Å²) in [5.74, 6) is 7.01. The van der Waals surface area contributed by atoms with Gasteiger partial charge in [0.2, 0.25) is 0 Å². The van der Waals surface area contributed by atoms with Crippen LogP contribution in [0, 0.1) is 46.8 Å². The summed E-state index contributed by atoms with van der Waals surface area (Å²) in [5.41, 5.74) is 0.321. The van der Waals surface area contributed by atoms with Crippen LogP contribution in [0.4, 0.5) is 0 Å². The van der Waals surface area contributed by atoms with Crippen LogP contribution in [0.2, 0.25) is 0 Å². The van der Waals surface area contributed by atoms with Crippen LogP contribution in [0.3, 0.4) is 0 Å². The van der Waals surface area contributed by atoms with Crippen molar-refractivity contribution < 1.29 is 5.11 Å². The molecule has 0 saturated heterocycles. The zero-order valence-corrected chi connectivity index (χ0v) is 16.7. The molecule has 5 rings (SSSR count). The second-order valence-corrected chi connectivity index (χ2v) is 11.4. The van der Waals surface area contributed by atoms with E-state index in [4.69, 9.17) is 0 Å². The molecule has 5 aliphatic carbocycles. The largest absolute Gasteiger partial charge is 0.390 e. The summed E-state index contributed by atoms with van der Waals surface area (Å²) in [6, 6.07) is 0. The maximum atomic E-state index is 10.6. The van der Waals surface area contributed by atoms with Gasteiger partial charge in [0.05, 0.1) is 5.60 Å². The van der Waals surface area contributed by atoms with Gasteiger partial charge in [0.1, 0.15) is 0 Å². The van der Waals surface area contributed by atoms with E-state index < -0.39 is 0 Å². The normalized spacial score (nSPS) is 56.3. The van der Waals surface area contributed by atoms with E-state index >= 15 is 0 Å². The molecule has 0 aromatic rings. The zero-order valence-electron chi connectivity index (χ0n) is 16.7. The number of fused-ring (bicyclic) bond motifs is 5. The smallest absolute Gasteiger partial charge is 0.0622 e. The van der Waals surface area contributed by atoms with E-state index in [0.717, 1.165) is 54.3 Å². The predicted molar refractivity (Wildman–Crippen MR) is 103 cm³/mol. The highest BCUT2D eigenvalue weighted by Gasteiger charge is 2.58. The minimum absolute atomic E-state index is 0.363. The Bertz CT molecular complexity index is 504. The van der Waals surface area contributed by atoms with Crippen molar-refractivity contribution in [3.05, 3.63) is 0 Å². The lowest BCUT2D eigenvalue weighted by Gasteiger charge is -2.57. The quantitative estimate of drug-likeness (QED) is 0.600. The van der Waals surface area contributed by atoms with Crippen LogP contribution in [-0.4, -0.2) is 10.7 Å². The SMILES string of the molecule is C[C@@]1(O)CCC2[C@H](CCC3[C@@H]2CC[C@]2(C)[C@@H](C4CCCC4)CC[C@@H]32)C1. The van der Waals surface area contributed by atoms with Crippen LogP contribution in [0.1, 0.15) is 97.3 Å². The summed E-state index contributed by atoms with van der Waals surface area (Å²) in [4.78, 5) is 0. The Morgan fingerprint density at radius 1 is 0.640 bits per heavy atom. The molecule has 5 saturated carbocycles. The lowest BCUT2D eigenvalue weighted by atomic mass is 9.48. The molecule has 0 radical (unpaired) electrons. The van der Waals surface area contributed by atoms with Gasteiger partial charge in [0, 0.05) is 0 Å². The van der Waals surface area contributed by atoms with E-state index in [-0.39, 0.29) is 5.60 Å². The molecule has 1 heteroatoms. The average Bonchev–Trinajstić information content (AvgIpc) is 3.20. The Balaban J connectivity index is 1.35. The molecule has 1 N–H and O–H groups in total. The van der Waals surface area contributed by atoms with E-state index in [1.165, 1.54) is 44.9 Å². The molecule has 1 nitrogen and oxygen atoms in total. The number of hydrogen-bond donors (Lipinski definition) is 1. The van der Waals surface area contributed by atoms with Gasteiger partial charge in [-0.15, -0.1) is 0 Å². The first-order chi connectivity index (χ1) is 12.0. The minimum Gasteiger partial charge on any atom is -0.390 e. The molecule has 0 aromatic heterocycles. The molecule has 2 unspecified atom stereocenters. The van der Waals surface area contributed by atoms with Crippen molar-refractivity contribution in [3.8, 4) is 0 Å². The molecule has 142 valence electrons. The van der Waals surface area contributed by atoms with Crippen molar-refractivity contribution in [1.29, 1.82) is 0 Å². The fourth-order valence-electron chi connectivity index (χ4n) is 9.26. The van der Waals surface area contributed by atoms with Crippen LogP contribution >= 0.6 is 0 Å². The maximum absolute atomic E-state index is 10.6. The van der Waals surface area contributed by atoms with Gasteiger partial charge in [-0.25, -0.2) is 0 Å². The zero-order chi connectivity index (χ0) is 17.2. The third-order valence-electron chi connectivity index (χ3n) is 10.3. The Labute approximate surface area is 155 Å². The molecule has 25 heavy (non-hydrogen) atoms. The Kier molecular flexibility index (Phi) is 4.09. The molecule has 0 aliphatic heterocycles. The minimum atomic E-state index is -0.363. The standard InChI is InChI=1S/C24H40O/c1-23(25)13-11-18-17(15-23)7-8-20-19(18)12-14-24(2)21(9-10-22(20)24)16-5-3-4-6-16/h16-22,25H,3-15H2,1-2H3/t17-,18?,19-,20?,21-,22+,23-,24-/m1/s1. The topological polar surface area (TPSA) is 20.2 Å². The van der Waals surface area contributed by atoms with Crippen LogP contribution in [-0.2, 0) is 0 Å². The molecule has 0 bridgehead atoms. The predicted octanol–water partition coefficient (Wildman–Crippen LogP) is 6.20. The van der Waals surface area contributed by atoms with Gasteiger partial charge >= 0.3 is 0 Å². The Morgan fingerprint density at radius 3 is 2.16 bits per heavy atom. The average molecular weight is 345 g/mol. The second kappa shape index (κ2) is 5.98. The van der Waals surface area contributed by atoms with Gasteiger partial charge in [-0.05, 0) is 112 Å². The number of aliphatic hydroxyl groups is 1. The molecule has 0 aromatic carbocycles. The fraction of sp³-hybridized carbons (Fsp3) is 1.00. The molecule has 0 spiro atoms. The molecule has 0 amide bonds. The van der Waals surface area contributed by atoms with E-state index in [0.29, 0.717) is 5.41 Å². The monoisotopic (exact) mass is 344 g/mol. The van der Waals surface area contributed by atoms with E-state index in [1.807, 2.05) is 0 Å². The van der Waals surface area contributed by atoms with Crippen molar-refractivity contribution in [2.24, 2.45) is 46.8 Å². The molecular formula is C24H40O. The second-order valence-electron chi connectivity index (χ2n) is 11.4. The first-order valence-electron chi connectivity index (χ1n) is 11.7. The van der Waals surface area contributed by atoms with Crippen LogP contribution < -0.4 is 0 Å². The van der Waals surface area contributed by atoms with Crippen molar-refractivity contribution >= 4 is 0 Å². The van der Waals surface area contributed by atoms with E-state index in [9.17, 15) is 5.11 Å². The molecule has 5 aliphatic rings. The summed E-state index contributed by atoms with van der Waals surface area (Å²) >= 11 is 0. The molecular weight excluding hydrogens is 304 g/mol. The van der Waals surface area contributed by atoms with Gasteiger partial charge in [0.25, 0.3) is 0 Å². The van der Waals surface area contributed by atoms with E-state index in [1.54, 1.807) is 25.7 Å². The number of rotatable bonds is 1. The summed E-state index contributed by atoms with van der Waals surface area (Å²) in [7, 11) is 0. The Hall–Kier alpha value is -0.0400. The van der Waals surface area contributed by atoms with Crippen molar-refractivity contribution in [2.45, 2.75) is 103 Å². The molecule has 0 heterocycles. The highest BCUT2D eigenvalue weighted by atomic mass is 16.3. The van der Waals surface area contributed by atoms with Crippen molar-refractivity contribution in [1.82, 2.24) is 0 Å². The first-order valence-corrected chi connectivity index (χ1v) is 11.7. The molecule has 5 fully saturated rings. The van der Waals surface area contributed by atoms with Crippen LogP contribution in [0.15, 0.2) is 0 Å². The van der Waals surface area contributed by atoms with Gasteiger partial charge in [-0.2, -0.15) is 0 Å². The van der Waals surface area contributed by atoms with Crippen LogP contribution in [0.5, 0.6) is 0 Å². The third-order valence-corrected chi connectivity index (χ3v) is 10.3. The first kappa shape index (κ1) is 17.1. The van der Waals surface area contributed by atoms with Crippen LogP contribution in [0.25, 0.3) is 0 Å². The summed E-state index contributed by atoms with van der Waals surface area (Å²) in [6.07, 6.45) is 18.6. The summed E-state index contributed by atoms with van der Waals surface area (Å²) in [6.45, 7) is 4.82. The van der Waals surface area contributed by atoms with Gasteiger partial charge < -0.3 is 5.11 Å². The summed E-state index contributed by atoms with van der Waals surface area (Å²) in [5, 5.41) is 10.6. The van der Waals surface area contributed by atoms with E-state index in [2.05, 4.69) is 13.8 Å². The molecule has 8 atom stereocenters. The highest BCUT2D eigenvalue weighted by molar-refractivity contribution is 5.08. The highest BCUT2D eigenvalue weighted by Crippen LogP contribution is 2.66.